The van der Waals surface area contributed by atoms with Crippen molar-refractivity contribution in [3.05, 3.63) is 95.1 Å². The Morgan fingerprint density at radius 2 is 1.08 bits per heavy atom. The molecule has 1 aliphatic rings. The van der Waals surface area contributed by atoms with E-state index in [0.29, 0.717) is 11.8 Å². The number of rotatable bonds is 4. The van der Waals surface area contributed by atoms with E-state index in [4.69, 9.17) is 18.8 Å². The molecule has 194 valence electrons. The zero-order valence-electron chi connectivity index (χ0n) is 21.9. The van der Waals surface area contributed by atoms with Gasteiger partial charge < -0.3 is 19.0 Å². The summed E-state index contributed by atoms with van der Waals surface area (Å²) in [4.78, 5) is 9.63. The molecule has 1 saturated carbocycles. The quantitative estimate of drug-likeness (QED) is 0.245. The zero-order chi connectivity index (χ0) is 26.7. The number of hydrogen-bond donors (Lipinski definition) is 2. The van der Waals surface area contributed by atoms with Crippen LogP contribution in [0, 0.1) is 13.8 Å². The summed E-state index contributed by atoms with van der Waals surface area (Å²) < 4.78 is 12.2. The number of hydrogen-bond acceptors (Lipinski definition) is 6. The summed E-state index contributed by atoms with van der Waals surface area (Å²) in [5.41, 5.74) is 8.72. The van der Waals surface area contributed by atoms with Gasteiger partial charge in [-0.25, -0.2) is 9.97 Å². The highest BCUT2D eigenvalue weighted by molar-refractivity contribution is 5.80. The molecule has 0 bridgehead atoms. The molecule has 2 aromatic heterocycles. The Morgan fingerprint density at radius 1 is 0.615 bits per heavy atom. The van der Waals surface area contributed by atoms with E-state index < -0.39 is 0 Å². The van der Waals surface area contributed by atoms with Crippen molar-refractivity contribution in [3.63, 3.8) is 0 Å². The monoisotopic (exact) mass is 516 g/mol. The largest absolute Gasteiger partial charge is 0.508 e. The van der Waals surface area contributed by atoms with Crippen LogP contribution >= 0.6 is 0 Å². The Hall–Kier alpha value is -4.58. The second kappa shape index (κ2) is 8.73. The van der Waals surface area contributed by atoms with Crippen LogP contribution in [0.3, 0.4) is 0 Å². The van der Waals surface area contributed by atoms with Gasteiger partial charge in [0.15, 0.2) is 11.2 Å². The summed E-state index contributed by atoms with van der Waals surface area (Å²) in [6.45, 7) is 3.73. The lowest BCUT2D eigenvalue weighted by atomic mass is 9.73. The third kappa shape index (κ3) is 3.86. The molecule has 1 aliphatic carbocycles. The number of phenolic OH excluding ortho intramolecular Hbond substituents is 2. The predicted octanol–water partition coefficient (Wildman–Crippen LogP) is 8.19. The van der Waals surface area contributed by atoms with Gasteiger partial charge in [0.2, 0.25) is 11.8 Å². The summed E-state index contributed by atoms with van der Waals surface area (Å²) >= 11 is 0. The fourth-order valence-electron chi connectivity index (χ4n) is 6.00. The first-order valence-electron chi connectivity index (χ1n) is 13.3. The van der Waals surface area contributed by atoms with Gasteiger partial charge in [-0.1, -0.05) is 25.0 Å². The highest BCUT2D eigenvalue weighted by Gasteiger charge is 2.38. The van der Waals surface area contributed by atoms with Crippen LogP contribution in [0.25, 0.3) is 45.1 Å². The van der Waals surface area contributed by atoms with Gasteiger partial charge in [-0.3, -0.25) is 0 Å². The number of aryl methyl sites for hydroxylation is 2. The molecule has 1 fully saturated rings. The van der Waals surface area contributed by atoms with E-state index >= 15 is 0 Å². The summed E-state index contributed by atoms with van der Waals surface area (Å²) in [6, 6.07) is 23.5. The van der Waals surface area contributed by atoms with Crippen LogP contribution < -0.4 is 0 Å². The van der Waals surface area contributed by atoms with Crippen molar-refractivity contribution in [2.24, 2.45) is 0 Å². The summed E-state index contributed by atoms with van der Waals surface area (Å²) in [7, 11) is 0. The second-order valence-corrected chi connectivity index (χ2v) is 10.7. The highest BCUT2D eigenvalue weighted by atomic mass is 16.4. The molecule has 7 rings (SSSR count). The molecule has 4 aromatic carbocycles. The fraction of sp³-hybridized carbons (Fsp3) is 0.212. The molecular formula is C33H28N2O4. The SMILES string of the molecule is Cc1cc(-c2nc3cc(C4(c5ccc6oc(-c7ccc(O)c(C)c7)nc6c5)CCCC4)ccc3o2)ccc1O. The number of benzene rings is 4. The maximum Gasteiger partial charge on any atom is 0.227 e. The third-order valence-electron chi connectivity index (χ3n) is 8.22. The lowest BCUT2D eigenvalue weighted by Crippen LogP contribution is -2.23. The van der Waals surface area contributed by atoms with Gasteiger partial charge in [0.25, 0.3) is 0 Å². The van der Waals surface area contributed by atoms with Gasteiger partial charge in [-0.05, 0) is 110 Å². The third-order valence-corrected chi connectivity index (χ3v) is 8.22. The molecule has 0 atom stereocenters. The molecule has 39 heavy (non-hydrogen) atoms. The Morgan fingerprint density at radius 3 is 1.51 bits per heavy atom. The summed E-state index contributed by atoms with van der Waals surface area (Å²) in [5, 5.41) is 19.8. The number of fused-ring (bicyclic) bond motifs is 2. The summed E-state index contributed by atoms with van der Waals surface area (Å²) in [6.07, 6.45) is 4.41. The fourth-order valence-corrected chi connectivity index (χ4v) is 6.00. The number of aromatic nitrogens is 2. The predicted molar refractivity (Wildman–Crippen MR) is 151 cm³/mol. The first-order valence-corrected chi connectivity index (χ1v) is 13.3. The van der Waals surface area contributed by atoms with Crippen molar-refractivity contribution in [2.75, 3.05) is 0 Å². The second-order valence-electron chi connectivity index (χ2n) is 10.7. The van der Waals surface area contributed by atoms with Crippen molar-refractivity contribution >= 4 is 22.2 Å². The Labute approximate surface area is 225 Å². The minimum absolute atomic E-state index is 0.134. The van der Waals surface area contributed by atoms with Gasteiger partial charge in [0.05, 0.1) is 0 Å². The molecule has 6 nitrogen and oxygen atoms in total. The molecule has 6 heteroatoms. The maximum absolute atomic E-state index is 9.90. The van der Waals surface area contributed by atoms with Crippen molar-refractivity contribution in [1.29, 1.82) is 0 Å². The Kier molecular flexibility index (Phi) is 5.27. The van der Waals surface area contributed by atoms with Gasteiger partial charge >= 0.3 is 0 Å². The van der Waals surface area contributed by atoms with Gasteiger partial charge in [-0.2, -0.15) is 0 Å². The van der Waals surface area contributed by atoms with Crippen LogP contribution in [0.5, 0.6) is 11.5 Å². The molecule has 0 saturated heterocycles. The molecule has 2 N–H and O–H groups in total. The standard InChI is InChI=1S/C33H28N2O4/c1-19-15-21(5-9-27(19)36)31-34-25-17-23(7-11-29(25)38-31)33(13-3-4-14-33)24-8-12-30-26(18-24)35-32(39-30)22-6-10-28(37)20(2)16-22/h5-12,15-18,36-37H,3-4,13-14H2,1-2H3. The number of nitrogens with zero attached hydrogens (tertiary/aromatic N) is 2. The van der Waals surface area contributed by atoms with Crippen LogP contribution in [-0.2, 0) is 5.41 Å². The minimum atomic E-state index is -0.134. The van der Waals surface area contributed by atoms with Gasteiger partial charge in [0, 0.05) is 16.5 Å². The van der Waals surface area contributed by atoms with E-state index in [9.17, 15) is 10.2 Å². The normalized spacial score (nSPS) is 14.9. The smallest absolute Gasteiger partial charge is 0.227 e. The zero-order valence-corrected chi connectivity index (χ0v) is 21.9. The Balaban J connectivity index is 1.29. The van der Waals surface area contributed by atoms with Crippen LogP contribution in [0.4, 0.5) is 0 Å². The van der Waals surface area contributed by atoms with Crippen molar-refractivity contribution in [3.8, 4) is 34.4 Å². The van der Waals surface area contributed by atoms with E-state index in [1.54, 1.807) is 12.1 Å². The molecule has 0 spiro atoms. The van der Waals surface area contributed by atoms with Crippen molar-refractivity contribution in [2.45, 2.75) is 44.9 Å². The first-order chi connectivity index (χ1) is 18.9. The van der Waals surface area contributed by atoms with E-state index in [-0.39, 0.29) is 16.9 Å². The van der Waals surface area contributed by atoms with E-state index in [1.807, 2.05) is 50.2 Å². The Bertz CT molecular complexity index is 1740. The maximum atomic E-state index is 9.90. The van der Waals surface area contributed by atoms with Crippen LogP contribution in [0.15, 0.2) is 81.6 Å². The molecular weight excluding hydrogens is 488 g/mol. The molecule has 2 heterocycles. The number of phenols is 2. The van der Waals surface area contributed by atoms with Gasteiger partial charge in [-0.15, -0.1) is 0 Å². The lowest BCUT2D eigenvalue weighted by molar-refractivity contribution is 0.470. The average Bonchev–Trinajstić information content (AvgIpc) is 3.69. The molecule has 6 aromatic rings. The van der Waals surface area contributed by atoms with Crippen LogP contribution in [0.1, 0.15) is 47.9 Å². The topological polar surface area (TPSA) is 92.5 Å². The lowest BCUT2D eigenvalue weighted by Gasteiger charge is -2.30. The van der Waals surface area contributed by atoms with E-state index in [0.717, 1.165) is 70.1 Å². The first kappa shape index (κ1) is 23.5. The van der Waals surface area contributed by atoms with E-state index in [2.05, 4.69) is 24.3 Å². The minimum Gasteiger partial charge on any atom is -0.508 e. The average molecular weight is 517 g/mol. The van der Waals surface area contributed by atoms with Crippen molar-refractivity contribution < 1.29 is 19.0 Å². The molecule has 0 radical (unpaired) electrons. The van der Waals surface area contributed by atoms with Crippen LogP contribution in [0.2, 0.25) is 0 Å². The summed E-state index contributed by atoms with van der Waals surface area (Å²) in [5.74, 6) is 1.61. The molecule has 0 amide bonds. The number of aromatic hydroxyl groups is 2. The van der Waals surface area contributed by atoms with E-state index in [1.165, 1.54) is 11.1 Å². The molecule has 0 aliphatic heterocycles. The number of oxazole rings is 2. The van der Waals surface area contributed by atoms with Crippen LogP contribution in [-0.4, -0.2) is 20.2 Å². The highest BCUT2D eigenvalue weighted by Crippen LogP contribution is 2.48. The van der Waals surface area contributed by atoms with Gasteiger partial charge in [0.1, 0.15) is 22.5 Å². The van der Waals surface area contributed by atoms with Crippen molar-refractivity contribution in [1.82, 2.24) is 9.97 Å². The molecule has 0 unspecified atom stereocenters.